The summed E-state index contributed by atoms with van der Waals surface area (Å²) in [4.78, 5) is 0. The molecule has 0 unspecified atom stereocenters. The summed E-state index contributed by atoms with van der Waals surface area (Å²) >= 11 is 2.07. The highest BCUT2D eigenvalue weighted by Gasteiger charge is 2.15. The molecule has 1 saturated heterocycles. The summed E-state index contributed by atoms with van der Waals surface area (Å²) in [5.74, 6) is 3.26. The highest BCUT2D eigenvalue weighted by molar-refractivity contribution is 7.99. The van der Waals surface area contributed by atoms with Crippen molar-refractivity contribution in [3.63, 3.8) is 0 Å². The van der Waals surface area contributed by atoms with Crippen LogP contribution in [0.15, 0.2) is 0 Å². The largest absolute Gasteiger partial charge is 0.380 e. The van der Waals surface area contributed by atoms with Crippen LogP contribution in [0, 0.1) is 5.92 Å². The van der Waals surface area contributed by atoms with E-state index in [-0.39, 0.29) is 0 Å². The van der Waals surface area contributed by atoms with Gasteiger partial charge in [0, 0.05) is 24.4 Å². The molecule has 0 aromatic heterocycles. The predicted molar refractivity (Wildman–Crippen MR) is 68.6 cm³/mol. The number of rotatable bonds is 6. The summed E-state index contributed by atoms with van der Waals surface area (Å²) in [5, 5.41) is 3.65. The maximum atomic E-state index is 5.63. The van der Waals surface area contributed by atoms with E-state index >= 15 is 0 Å². The Morgan fingerprint density at radius 3 is 2.73 bits per heavy atom. The standard InChI is InChI=1S/C12H25NOS/c1-10(2)7-14-8-11(3)13-12-5-4-6-15-9-12/h10-13H,4-9H2,1-3H3/t11-,12-/m1/s1. The van der Waals surface area contributed by atoms with Gasteiger partial charge < -0.3 is 10.1 Å². The van der Waals surface area contributed by atoms with Gasteiger partial charge in [0.2, 0.25) is 0 Å². The van der Waals surface area contributed by atoms with E-state index in [0.717, 1.165) is 13.2 Å². The lowest BCUT2D eigenvalue weighted by Crippen LogP contribution is -2.42. The number of ether oxygens (including phenoxy) is 1. The van der Waals surface area contributed by atoms with Crippen LogP contribution in [0.5, 0.6) is 0 Å². The SMILES string of the molecule is CC(C)COC[C@@H](C)N[C@@H]1CCCSC1. The highest BCUT2D eigenvalue weighted by Crippen LogP contribution is 2.17. The average Bonchev–Trinajstić information content (AvgIpc) is 2.18. The first-order chi connectivity index (χ1) is 7.18. The van der Waals surface area contributed by atoms with E-state index in [4.69, 9.17) is 4.74 Å². The van der Waals surface area contributed by atoms with E-state index in [9.17, 15) is 0 Å². The van der Waals surface area contributed by atoms with Crippen LogP contribution in [0.3, 0.4) is 0 Å². The third-order valence-electron chi connectivity index (χ3n) is 2.50. The Bertz CT molecular complexity index is 158. The van der Waals surface area contributed by atoms with E-state index < -0.39 is 0 Å². The minimum atomic E-state index is 0.493. The van der Waals surface area contributed by atoms with Crippen molar-refractivity contribution in [1.82, 2.24) is 5.32 Å². The molecule has 1 heterocycles. The Hall–Kier alpha value is 0.270. The van der Waals surface area contributed by atoms with Gasteiger partial charge in [0.25, 0.3) is 0 Å². The quantitative estimate of drug-likeness (QED) is 0.759. The maximum Gasteiger partial charge on any atom is 0.0617 e. The zero-order valence-corrected chi connectivity index (χ0v) is 11.1. The molecule has 0 aliphatic carbocycles. The van der Waals surface area contributed by atoms with Gasteiger partial charge in [-0.1, -0.05) is 13.8 Å². The molecule has 3 heteroatoms. The summed E-state index contributed by atoms with van der Waals surface area (Å²) < 4.78 is 5.63. The van der Waals surface area contributed by atoms with Crippen LogP contribution in [0.25, 0.3) is 0 Å². The Morgan fingerprint density at radius 1 is 1.33 bits per heavy atom. The second-order valence-corrected chi connectivity index (χ2v) is 6.06. The number of thioether (sulfide) groups is 1. The molecule has 0 radical (unpaired) electrons. The van der Waals surface area contributed by atoms with Crippen LogP contribution in [-0.4, -0.2) is 36.8 Å². The molecule has 0 saturated carbocycles. The van der Waals surface area contributed by atoms with Gasteiger partial charge in [-0.3, -0.25) is 0 Å². The Labute approximate surface area is 98.5 Å². The van der Waals surface area contributed by atoms with Crippen molar-refractivity contribution < 1.29 is 4.74 Å². The van der Waals surface area contributed by atoms with Gasteiger partial charge in [-0.15, -0.1) is 0 Å². The Kier molecular flexibility index (Phi) is 6.69. The summed E-state index contributed by atoms with van der Waals surface area (Å²) in [6, 6.07) is 1.20. The molecule has 0 amide bonds. The second-order valence-electron chi connectivity index (χ2n) is 4.91. The summed E-state index contributed by atoms with van der Waals surface area (Å²) in [7, 11) is 0. The minimum absolute atomic E-state index is 0.493. The van der Waals surface area contributed by atoms with Crippen molar-refractivity contribution in [2.24, 2.45) is 5.92 Å². The average molecular weight is 231 g/mol. The number of nitrogens with one attached hydrogen (secondary N) is 1. The van der Waals surface area contributed by atoms with Crippen LogP contribution < -0.4 is 5.32 Å². The predicted octanol–water partition coefficient (Wildman–Crippen LogP) is 2.53. The maximum absolute atomic E-state index is 5.63. The normalized spacial score (nSPS) is 24.4. The minimum Gasteiger partial charge on any atom is -0.380 e. The monoisotopic (exact) mass is 231 g/mol. The van der Waals surface area contributed by atoms with Crippen molar-refractivity contribution >= 4 is 11.8 Å². The van der Waals surface area contributed by atoms with Crippen LogP contribution in [0.2, 0.25) is 0 Å². The highest BCUT2D eigenvalue weighted by atomic mass is 32.2. The van der Waals surface area contributed by atoms with E-state index in [0.29, 0.717) is 18.0 Å². The summed E-state index contributed by atoms with van der Waals surface area (Å²) in [5.41, 5.74) is 0. The second kappa shape index (κ2) is 7.53. The van der Waals surface area contributed by atoms with Crippen LogP contribution in [-0.2, 0) is 4.74 Å². The zero-order valence-electron chi connectivity index (χ0n) is 10.3. The lowest BCUT2D eigenvalue weighted by Gasteiger charge is -2.26. The molecule has 1 N–H and O–H groups in total. The van der Waals surface area contributed by atoms with Gasteiger partial charge in [-0.05, 0) is 31.4 Å². The molecule has 1 rings (SSSR count). The molecule has 15 heavy (non-hydrogen) atoms. The Balaban J connectivity index is 2.03. The molecule has 1 fully saturated rings. The summed E-state index contributed by atoms with van der Waals surface area (Å²) in [6.45, 7) is 8.33. The van der Waals surface area contributed by atoms with Crippen molar-refractivity contribution in [2.75, 3.05) is 24.7 Å². The van der Waals surface area contributed by atoms with Crippen LogP contribution in [0.4, 0.5) is 0 Å². The number of hydrogen-bond donors (Lipinski definition) is 1. The molecule has 0 aromatic rings. The first-order valence-corrected chi connectivity index (χ1v) is 7.25. The molecule has 0 spiro atoms. The molecule has 2 atom stereocenters. The molecule has 1 aliphatic rings. The van der Waals surface area contributed by atoms with Gasteiger partial charge >= 0.3 is 0 Å². The molecule has 90 valence electrons. The van der Waals surface area contributed by atoms with Gasteiger partial charge in [-0.2, -0.15) is 11.8 Å². The van der Waals surface area contributed by atoms with Crippen molar-refractivity contribution in [1.29, 1.82) is 0 Å². The van der Waals surface area contributed by atoms with Crippen molar-refractivity contribution in [3.8, 4) is 0 Å². The topological polar surface area (TPSA) is 21.3 Å². The molecule has 0 bridgehead atoms. The van der Waals surface area contributed by atoms with Gasteiger partial charge in [0.05, 0.1) is 6.61 Å². The fourth-order valence-corrected chi connectivity index (χ4v) is 2.89. The third-order valence-corrected chi connectivity index (χ3v) is 3.71. The molecule has 0 aromatic carbocycles. The molecular weight excluding hydrogens is 206 g/mol. The fourth-order valence-electron chi connectivity index (χ4n) is 1.80. The van der Waals surface area contributed by atoms with E-state index in [2.05, 4.69) is 37.8 Å². The van der Waals surface area contributed by atoms with Gasteiger partial charge in [-0.25, -0.2) is 0 Å². The summed E-state index contributed by atoms with van der Waals surface area (Å²) in [6.07, 6.45) is 2.70. The molecular formula is C12H25NOS. The van der Waals surface area contributed by atoms with E-state index in [1.807, 2.05) is 0 Å². The smallest absolute Gasteiger partial charge is 0.0617 e. The fraction of sp³-hybridized carbons (Fsp3) is 1.00. The molecule has 1 aliphatic heterocycles. The van der Waals surface area contributed by atoms with E-state index in [1.165, 1.54) is 24.3 Å². The van der Waals surface area contributed by atoms with Crippen molar-refractivity contribution in [3.05, 3.63) is 0 Å². The van der Waals surface area contributed by atoms with Crippen LogP contribution in [0.1, 0.15) is 33.6 Å². The van der Waals surface area contributed by atoms with Gasteiger partial charge in [0.1, 0.15) is 0 Å². The Morgan fingerprint density at radius 2 is 2.13 bits per heavy atom. The first kappa shape index (κ1) is 13.3. The van der Waals surface area contributed by atoms with Gasteiger partial charge in [0.15, 0.2) is 0 Å². The first-order valence-electron chi connectivity index (χ1n) is 6.10. The molecule has 2 nitrogen and oxygen atoms in total. The van der Waals surface area contributed by atoms with Crippen molar-refractivity contribution in [2.45, 2.75) is 45.7 Å². The lowest BCUT2D eigenvalue weighted by atomic mass is 10.1. The lowest BCUT2D eigenvalue weighted by molar-refractivity contribution is 0.0913. The number of hydrogen-bond acceptors (Lipinski definition) is 3. The third kappa shape index (κ3) is 6.44. The zero-order chi connectivity index (χ0) is 11.1. The van der Waals surface area contributed by atoms with Crippen LogP contribution >= 0.6 is 11.8 Å². The van der Waals surface area contributed by atoms with E-state index in [1.54, 1.807) is 0 Å².